The number of thiophene rings is 1. The maximum absolute atomic E-state index is 12.5. The van der Waals surface area contributed by atoms with Crippen molar-refractivity contribution in [2.75, 3.05) is 27.2 Å². The van der Waals surface area contributed by atoms with E-state index in [2.05, 4.69) is 5.32 Å². The highest BCUT2D eigenvalue weighted by molar-refractivity contribution is 7.93. The average molecular weight is 338 g/mol. The zero-order chi connectivity index (χ0) is 16.2. The van der Waals surface area contributed by atoms with E-state index in [9.17, 15) is 13.2 Å². The van der Waals surface area contributed by atoms with E-state index >= 15 is 0 Å². The van der Waals surface area contributed by atoms with Crippen LogP contribution in [0.2, 0.25) is 0 Å². The fourth-order valence-corrected chi connectivity index (χ4v) is 4.59. The third-order valence-corrected chi connectivity index (χ3v) is 6.49. The molecule has 7 heteroatoms. The number of sulfone groups is 1. The number of carbonyl (C=O) groups is 1. The lowest BCUT2D eigenvalue weighted by molar-refractivity contribution is 0.0801. The summed E-state index contributed by atoms with van der Waals surface area (Å²) in [6, 6.07) is 11.3. The predicted molar refractivity (Wildman–Crippen MR) is 87.1 cm³/mol. The van der Waals surface area contributed by atoms with Crippen molar-refractivity contribution >= 4 is 27.1 Å². The maximum Gasteiger partial charge on any atom is 0.263 e. The van der Waals surface area contributed by atoms with Gasteiger partial charge in [-0.05, 0) is 31.3 Å². The zero-order valence-electron chi connectivity index (χ0n) is 12.4. The molecule has 0 aliphatic heterocycles. The molecule has 0 unspecified atom stereocenters. The molecular formula is C15H18N2O3S2. The van der Waals surface area contributed by atoms with E-state index in [0.717, 1.165) is 11.3 Å². The Morgan fingerprint density at radius 2 is 1.86 bits per heavy atom. The number of carbonyl (C=O) groups excluding carboxylic acids is 1. The molecule has 118 valence electrons. The molecule has 0 atom stereocenters. The van der Waals surface area contributed by atoms with Crippen LogP contribution in [-0.4, -0.2) is 46.4 Å². The summed E-state index contributed by atoms with van der Waals surface area (Å²) in [4.78, 5) is 14.5. The zero-order valence-corrected chi connectivity index (χ0v) is 14.1. The molecule has 1 aromatic carbocycles. The average Bonchev–Trinajstić information content (AvgIpc) is 3.03. The topological polar surface area (TPSA) is 66.5 Å². The van der Waals surface area contributed by atoms with Crippen molar-refractivity contribution in [3.8, 4) is 0 Å². The number of nitrogens with one attached hydrogen (secondary N) is 1. The van der Waals surface area contributed by atoms with Gasteiger partial charge in [-0.25, -0.2) is 8.42 Å². The minimum absolute atomic E-state index is 0.172. The Morgan fingerprint density at radius 1 is 1.18 bits per heavy atom. The molecule has 5 nitrogen and oxygen atoms in total. The van der Waals surface area contributed by atoms with Crippen molar-refractivity contribution in [1.82, 2.24) is 10.2 Å². The Labute approximate surface area is 134 Å². The molecular weight excluding hydrogens is 320 g/mol. The number of amides is 1. The molecule has 2 rings (SSSR count). The summed E-state index contributed by atoms with van der Waals surface area (Å²) < 4.78 is 25.2. The summed E-state index contributed by atoms with van der Waals surface area (Å²) in [6.45, 7) is 1.25. The lowest BCUT2D eigenvalue weighted by Crippen LogP contribution is -2.32. The Balaban J connectivity index is 2.23. The van der Waals surface area contributed by atoms with E-state index in [1.165, 1.54) is 6.07 Å². The van der Waals surface area contributed by atoms with Crippen molar-refractivity contribution in [3.05, 3.63) is 47.3 Å². The van der Waals surface area contributed by atoms with Crippen LogP contribution in [0, 0.1) is 0 Å². The number of benzene rings is 1. The quantitative estimate of drug-likeness (QED) is 0.873. The standard InChI is InChI=1S/C15H18N2O3S2/c1-16-10-11-17(2)15(18)13-8-9-14(21-13)22(19,20)12-6-4-3-5-7-12/h3-9,16H,10-11H2,1-2H3. The van der Waals surface area contributed by atoms with Crippen LogP contribution in [0.4, 0.5) is 0 Å². The van der Waals surface area contributed by atoms with Crippen molar-refractivity contribution in [1.29, 1.82) is 0 Å². The molecule has 22 heavy (non-hydrogen) atoms. The van der Waals surface area contributed by atoms with Gasteiger partial charge in [-0.3, -0.25) is 4.79 Å². The van der Waals surface area contributed by atoms with Gasteiger partial charge in [0.25, 0.3) is 5.91 Å². The summed E-state index contributed by atoms with van der Waals surface area (Å²) in [5.41, 5.74) is 0. The Hall–Kier alpha value is -1.70. The van der Waals surface area contributed by atoms with E-state index in [4.69, 9.17) is 0 Å². The van der Waals surface area contributed by atoms with E-state index in [0.29, 0.717) is 18.0 Å². The number of hydrogen-bond acceptors (Lipinski definition) is 5. The lowest BCUT2D eigenvalue weighted by atomic mass is 10.4. The van der Waals surface area contributed by atoms with Crippen LogP contribution in [0.3, 0.4) is 0 Å². The summed E-state index contributed by atoms with van der Waals surface area (Å²) in [5.74, 6) is -0.172. The van der Waals surface area contributed by atoms with Gasteiger partial charge in [-0.15, -0.1) is 11.3 Å². The Kier molecular flexibility index (Phi) is 5.33. The first-order chi connectivity index (χ1) is 10.5. The summed E-state index contributed by atoms with van der Waals surface area (Å²) in [7, 11) is -0.0462. The minimum atomic E-state index is -3.56. The largest absolute Gasteiger partial charge is 0.340 e. The van der Waals surface area contributed by atoms with Crippen molar-refractivity contribution in [3.63, 3.8) is 0 Å². The second kappa shape index (κ2) is 7.04. The SMILES string of the molecule is CNCCN(C)C(=O)c1ccc(S(=O)(=O)c2ccccc2)s1. The molecule has 0 aliphatic carbocycles. The van der Waals surface area contributed by atoms with Crippen molar-refractivity contribution in [2.24, 2.45) is 0 Å². The van der Waals surface area contributed by atoms with Crippen LogP contribution in [-0.2, 0) is 9.84 Å². The normalized spacial score (nSPS) is 11.4. The molecule has 1 aromatic heterocycles. The molecule has 0 saturated heterocycles. The molecule has 1 amide bonds. The number of likely N-dealkylation sites (N-methyl/N-ethyl adjacent to an activating group) is 2. The second-order valence-corrected chi connectivity index (χ2v) is 8.03. The van der Waals surface area contributed by atoms with Crippen LogP contribution < -0.4 is 5.32 Å². The smallest absolute Gasteiger partial charge is 0.263 e. The highest BCUT2D eigenvalue weighted by atomic mass is 32.2. The van der Waals surface area contributed by atoms with E-state index in [1.54, 1.807) is 48.3 Å². The molecule has 0 saturated carbocycles. The van der Waals surface area contributed by atoms with Crippen LogP contribution in [0.1, 0.15) is 9.67 Å². The van der Waals surface area contributed by atoms with Crippen LogP contribution in [0.15, 0.2) is 51.6 Å². The van der Waals surface area contributed by atoms with Gasteiger partial charge in [0.2, 0.25) is 9.84 Å². The van der Waals surface area contributed by atoms with Gasteiger partial charge in [0.05, 0.1) is 9.77 Å². The maximum atomic E-state index is 12.5. The number of hydrogen-bond donors (Lipinski definition) is 1. The molecule has 0 bridgehead atoms. The molecule has 0 fully saturated rings. The van der Waals surface area contributed by atoms with E-state index in [-0.39, 0.29) is 15.0 Å². The molecule has 2 aromatic rings. The number of rotatable bonds is 6. The third kappa shape index (κ3) is 3.55. The molecule has 1 N–H and O–H groups in total. The van der Waals surface area contributed by atoms with Gasteiger partial charge in [0, 0.05) is 20.1 Å². The lowest BCUT2D eigenvalue weighted by Gasteiger charge is -2.15. The second-order valence-electron chi connectivity index (χ2n) is 4.77. The van der Waals surface area contributed by atoms with Gasteiger partial charge in [-0.1, -0.05) is 18.2 Å². The highest BCUT2D eigenvalue weighted by Gasteiger charge is 2.22. The fourth-order valence-electron chi connectivity index (χ4n) is 1.86. The van der Waals surface area contributed by atoms with Gasteiger partial charge in [-0.2, -0.15) is 0 Å². The van der Waals surface area contributed by atoms with E-state index in [1.807, 2.05) is 7.05 Å². The summed E-state index contributed by atoms with van der Waals surface area (Å²) in [6.07, 6.45) is 0. The van der Waals surface area contributed by atoms with Crippen LogP contribution in [0.5, 0.6) is 0 Å². The molecule has 0 radical (unpaired) electrons. The Bertz CT molecular complexity index is 739. The summed E-state index contributed by atoms with van der Waals surface area (Å²) in [5, 5.41) is 2.97. The number of nitrogens with zero attached hydrogens (tertiary/aromatic N) is 1. The predicted octanol–water partition coefficient (Wildman–Crippen LogP) is 1.87. The fraction of sp³-hybridized carbons (Fsp3) is 0.267. The van der Waals surface area contributed by atoms with Crippen molar-refractivity contribution < 1.29 is 13.2 Å². The monoisotopic (exact) mass is 338 g/mol. The van der Waals surface area contributed by atoms with Gasteiger partial charge in [0.15, 0.2) is 0 Å². The first-order valence-electron chi connectivity index (χ1n) is 6.77. The van der Waals surface area contributed by atoms with Crippen molar-refractivity contribution in [2.45, 2.75) is 9.10 Å². The first-order valence-corrected chi connectivity index (χ1v) is 9.07. The molecule has 0 spiro atoms. The Morgan fingerprint density at radius 3 is 2.50 bits per heavy atom. The van der Waals surface area contributed by atoms with Gasteiger partial charge >= 0.3 is 0 Å². The first kappa shape index (κ1) is 16.7. The van der Waals surface area contributed by atoms with Gasteiger partial charge in [0.1, 0.15) is 4.21 Å². The minimum Gasteiger partial charge on any atom is -0.340 e. The van der Waals surface area contributed by atoms with Crippen LogP contribution in [0.25, 0.3) is 0 Å². The molecule has 1 heterocycles. The van der Waals surface area contributed by atoms with Crippen LogP contribution >= 0.6 is 11.3 Å². The van der Waals surface area contributed by atoms with Gasteiger partial charge < -0.3 is 10.2 Å². The molecule has 0 aliphatic rings. The van der Waals surface area contributed by atoms with E-state index < -0.39 is 9.84 Å². The third-order valence-electron chi connectivity index (χ3n) is 3.15. The summed E-state index contributed by atoms with van der Waals surface area (Å²) >= 11 is 1.00. The highest BCUT2D eigenvalue weighted by Crippen LogP contribution is 2.28.